The Morgan fingerprint density at radius 2 is 1.57 bits per heavy atom. The highest BCUT2D eigenvalue weighted by Crippen LogP contribution is 2.68. The van der Waals surface area contributed by atoms with Crippen LogP contribution in [-0.4, -0.2) is 22.4 Å². The summed E-state index contributed by atoms with van der Waals surface area (Å²) < 4.78 is 0. The SMILES string of the molecule is CC1CC1CC(O)C[C@H]1CCC2C3CCC4C[C@@H](O)CCC4(C)C3CCC21C. The number of aliphatic hydroxyl groups is 2. The molecule has 2 heteroatoms. The molecule has 2 nitrogen and oxygen atoms in total. The van der Waals surface area contributed by atoms with Gasteiger partial charge in [-0.15, -0.1) is 0 Å². The van der Waals surface area contributed by atoms with Crippen molar-refractivity contribution in [3.63, 3.8) is 0 Å². The van der Waals surface area contributed by atoms with Gasteiger partial charge in [0.1, 0.15) is 0 Å². The van der Waals surface area contributed by atoms with Gasteiger partial charge < -0.3 is 10.2 Å². The van der Waals surface area contributed by atoms with Gasteiger partial charge in [-0.25, -0.2) is 0 Å². The summed E-state index contributed by atoms with van der Waals surface area (Å²) in [6.07, 6.45) is 15.1. The van der Waals surface area contributed by atoms with Crippen LogP contribution in [0.2, 0.25) is 0 Å². The van der Waals surface area contributed by atoms with Crippen LogP contribution in [0.5, 0.6) is 0 Å². The van der Waals surface area contributed by atoms with Crippen LogP contribution < -0.4 is 0 Å². The van der Waals surface area contributed by atoms with Gasteiger partial charge in [0.25, 0.3) is 0 Å². The minimum atomic E-state index is -0.0543. The van der Waals surface area contributed by atoms with E-state index in [2.05, 4.69) is 20.8 Å². The van der Waals surface area contributed by atoms with Crippen LogP contribution in [-0.2, 0) is 0 Å². The van der Waals surface area contributed by atoms with Gasteiger partial charge in [-0.05, 0) is 129 Å². The average Bonchev–Trinajstić information content (AvgIpc) is 3.23. The van der Waals surface area contributed by atoms with Crippen LogP contribution >= 0.6 is 0 Å². The number of rotatable bonds is 4. The lowest BCUT2D eigenvalue weighted by molar-refractivity contribution is -0.128. The van der Waals surface area contributed by atoms with Gasteiger partial charge in [0, 0.05) is 0 Å². The van der Waals surface area contributed by atoms with E-state index >= 15 is 0 Å². The molecule has 0 saturated heterocycles. The van der Waals surface area contributed by atoms with Gasteiger partial charge in [0.05, 0.1) is 12.2 Å². The molecule has 5 rings (SSSR count). The predicted octanol–water partition coefficient (Wildman–Crippen LogP) is 5.80. The first kappa shape index (κ1) is 19.9. The third kappa shape index (κ3) is 3.11. The molecule has 11 atom stereocenters. The number of hydrogen-bond donors (Lipinski definition) is 2. The molecule has 0 radical (unpaired) electrons. The van der Waals surface area contributed by atoms with Gasteiger partial charge in [0.2, 0.25) is 0 Å². The fraction of sp³-hybridized carbons (Fsp3) is 1.00. The Labute approximate surface area is 172 Å². The van der Waals surface area contributed by atoms with Crippen LogP contribution in [0.1, 0.15) is 97.8 Å². The summed E-state index contributed by atoms with van der Waals surface area (Å²) in [7, 11) is 0. The molecule has 0 spiro atoms. The molecule has 0 aromatic carbocycles. The van der Waals surface area contributed by atoms with E-state index < -0.39 is 0 Å². The maximum absolute atomic E-state index is 10.8. The second kappa shape index (κ2) is 6.98. The van der Waals surface area contributed by atoms with E-state index in [9.17, 15) is 10.2 Å². The Balaban J connectivity index is 1.28. The maximum atomic E-state index is 10.8. The lowest BCUT2D eigenvalue weighted by Crippen LogP contribution is -2.54. The number of aliphatic hydroxyl groups excluding tert-OH is 2. The van der Waals surface area contributed by atoms with E-state index in [1.165, 1.54) is 51.4 Å². The smallest absolute Gasteiger partial charge is 0.0545 e. The molecule has 0 aliphatic heterocycles. The van der Waals surface area contributed by atoms with E-state index in [1.807, 2.05) is 0 Å². The first-order valence-electron chi connectivity index (χ1n) is 12.7. The van der Waals surface area contributed by atoms with Crippen LogP contribution in [0.3, 0.4) is 0 Å². The topological polar surface area (TPSA) is 40.5 Å². The van der Waals surface area contributed by atoms with Crippen molar-refractivity contribution in [2.75, 3.05) is 0 Å². The maximum Gasteiger partial charge on any atom is 0.0545 e. The largest absolute Gasteiger partial charge is 0.393 e. The Morgan fingerprint density at radius 1 is 0.857 bits per heavy atom. The molecular formula is C26H44O2. The molecular weight excluding hydrogens is 344 g/mol. The van der Waals surface area contributed by atoms with Crippen molar-refractivity contribution in [1.82, 2.24) is 0 Å². The van der Waals surface area contributed by atoms with Crippen molar-refractivity contribution < 1.29 is 10.2 Å². The quantitative estimate of drug-likeness (QED) is 0.638. The Kier molecular flexibility index (Phi) is 4.95. The molecule has 5 aliphatic rings. The minimum Gasteiger partial charge on any atom is -0.393 e. The third-order valence-electron chi connectivity index (χ3n) is 11.2. The molecule has 9 unspecified atom stereocenters. The van der Waals surface area contributed by atoms with E-state index in [-0.39, 0.29) is 12.2 Å². The second-order valence-corrected chi connectivity index (χ2v) is 12.5. The van der Waals surface area contributed by atoms with E-state index in [4.69, 9.17) is 0 Å². The van der Waals surface area contributed by atoms with Crippen molar-refractivity contribution in [2.24, 2.45) is 52.3 Å². The summed E-state index contributed by atoms with van der Waals surface area (Å²) in [6, 6.07) is 0. The highest BCUT2D eigenvalue weighted by molar-refractivity contribution is 5.09. The van der Waals surface area contributed by atoms with Crippen LogP contribution in [0.15, 0.2) is 0 Å². The third-order valence-corrected chi connectivity index (χ3v) is 11.2. The minimum absolute atomic E-state index is 0.0324. The standard InChI is InChI=1S/C26H44O2/c1-16-12-17(16)13-21(28)15-19-5-7-23-22-6-4-18-14-20(27)8-10-25(18,2)24(22)9-11-26(19,23)3/h16-24,27-28H,4-15H2,1-3H3/t16?,17?,18?,19-,20+,21?,22?,23?,24?,25?,26?/m1/s1. The molecule has 5 fully saturated rings. The summed E-state index contributed by atoms with van der Waals surface area (Å²) >= 11 is 0. The van der Waals surface area contributed by atoms with E-state index in [1.54, 1.807) is 0 Å². The second-order valence-electron chi connectivity index (χ2n) is 12.5. The lowest BCUT2D eigenvalue weighted by atomic mass is 9.44. The molecule has 0 aromatic heterocycles. The van der Waals surface area contributed by atoms with E-state index in [0.717, 1.165) is 67.1 Å². The monoisotopic (exact) mass is 388 g/mol. The fourth-order valence-electron chi connectivity index (χ4n) is 9.23. The molecule has 5 saturated carbocycles. The summed E-state index contributed by atoms with van der Waals surface area (Å²) in [4.78, 5) is 0. The summed E-state index contributed by atoms with van der Waals surface area (Å²) in [5, 5.41) is 21.0. The van der Waals surface area contributed by atoms with Gasteiger partial charge in [-0.2, -0.15) is 0 Å². The van der Waals surface area contributed by atoms with Gasteiger partial charge in [-0.3, -0.25) is 0 Å². The molecule has 0 bridgehead atoms. The van der Waals surface area contributed by atoms with Gasteiger partial charge in [0.15, 0.2) is 0 Å². The zero-order valence-corrected chi connectivity index (χ0v) is 18.6. The molecule has 0 amide bonds. The number of fused-ring (bicyclic) bond motifs is 5. The first-order chi connectivity index (χ1) is 13.3. The summed E-state index contributed by atoms with van der Waals surface area (Å²) in [5.74, 6) is 5.90. The molecule has 28 heavy (non-hydrogen) atoms. The first-order valence-corrected chi connectivity index (χ1v) is 12.7. The van der Waals surface area contributed by atoms with Crippen LogP contribution in [0.4, 0.5) is 0 Å². The normalized spacial score (nSPS) is 56.5. The zero-order chi connectivity index (χ0) is 19.7. The zero-order valence-electron chi connectivity index (χ0n) is 18.6. The van der Waals surface area contributed by atoms with Crippen molar-refractivity contribution in [2.45, 2.75) is 110 Å². The Bertz CT molecular complexity index is 589. The average molecular weight is 389 g/mol. The fourth-order valence-corrected chi connectivity index (χ4v) is 9.23. The molecule has 2 N–H and O–H groups in total. The summed E-state index contributed by atoms with van der Waals surface area (Å²) in [6.45, 7) is 7.54. The van der Waals surface area contributed by atoms with Gasteiger partial charge in [-0.1, -0.05) is 20.8 Å². The van der Waals surface area contributed by atoms with Crippen molar-refractivity contribution in [1.29, 1.82) is 0 Å². The Morgan fingerprint density at radius 3 is 2.32 bits per heavy atom. The molecule has 5 aliphatic carbocycles. The van der Waals surface area contributed by atoms with Gasteiger partial charge >= 0.3 is 0 Å². The Hall–Kier alpha value is -0.0800. The van der Waals surface area contributed by atoms with E-state index in [0.29, 0.717) is 10.8 Å². The highest BCUT2D eigenvalue weighted by Gasteiger charge is 2.60. The van der Waals surface area contributed by atoms with Crippen LogP contribution in [0, 0.1) is 52.3 Å². The van der Waals surface area contributed by atoms with Crippen LogP contribution in [0.25, 0.3) is 0 Å². The number of hydrogen-bond acceptors (Lipinski definition) is 2. The van der Waals surface area contributed by atoms with Crippen molar-refractivity contribution >= 4 is 0 Å². The molecule has 0 aromatic rings. The highest BCUT2D eigenvalue weighted by atomic mass is 16.3. The predicted molar refractivity (Wildman–Crippen MR) is 114 cm³/mol. The van der Waals surface area contributed by atoms with Crippen molar-refractivity contribution in [3.05, 3.63) is 0 Å². The lowest BCUT2D eigenvalue weighted by Gasteiger charge is -2.61. The molecule has 0 heterocycles. The molecule has 160 valence electrons. The van der Waals surface area contributed by atoms with Crippen molar-refractivity contribution in [3.8, 4) is 0 Å². The summed E-state index contributed by atoms with van der Waals surface area (Å²) in [5.41, 5.74) is 0.970.